The lowest BCUT2D eigenvalue weighted by molar-refractivity contribution is -0.141. The average molecular weight is 514 g/mol. The summed E-state index contributed by atoms with van der Waals surface area (Å²) in [7, 11) is 1.73. The first-order chi connectivity index (χ1) is 18.1. The van der Waals surface area contributed by atoms with E-state index in [2.05, 4.69) is 15.0 Å². The molecule has 0 amide bonds. The Morgan fingerprint density at radius 3 is 2.34 bits per heavy atom. The number of nitriles is 1. The maximum atomic E-state index is 14.1. The molecule has 9 heteroatoms. The zero-order chi connectivity index (χ0) is 27.1. The molecule has 0 bridgehead atoms. The summed E-state index contributed by atoms with van der Waals surface area (Å²) in [6.45, 7) is 1.82. The van der Waals surface area contributed by atoms with Gasteiger partial charge in [0.15, 0.2) is 5.60 Å². The SMILES string of the molecule is Cc1ccc(C(O)(c2ccc3nc(C(F)(F)F)c(Cc4ccccc4)c(C#N)c3c2)c2cncn2C)cn1. The van der Waals surface area contributed by atoms with Crippen LogP contribution in [0.5, 0.6) is 0 Å². The van der Waals surface area contributed by atoms with Crippen LogP contribution in [0.2, 0.25) is 0 Å². The molecule has 38 heavy (non-hydrogen) atoms. The third kappa shape index (κ3) is 4.29. The summed E-state index contributed by atoms with van der Waals surface area (Å²) in [6, 6.07) is 18.6. The van der Waals surface area contributed by atoms with Gasteiger partial charge in [0, 0.05) is 41.9 Å². The largest absolute Gasteiger partial charge is 0.433 e. The fraction of sp³-hybridized carbons (Fsp3) is 0.172. The smallest absolute Gasteiger partial charge is 0.374 e. The lowest BCUT2D eigenvalue weighted by Gasteiger charge is -2.30. The van der Waals surface area contributed by atoms with Crippen LogP contribution in [0.3, 0.4) is 0 Å². The van der Waals surface area contributed by atoms with Gasteiger partial charge in [0.05, 0.1) is 29.3 Å². The predicted molar refractivity (Wildman–Crippen MR) is 135 cm³/mol. The molecule has 0 spiro atoms. The fourth-order valence-electron chi connectivity index (χ4n) is 4.71. The van der Waals surface area contributed by atoms with Gasteiger partial charge in [-0.05, 0) is 36.2 Å². The van der Waals surface area contributed by atoms with Crippen molar-refractivity contribution in [2.75, 3.05) is 0 Å². The minimum atomic E-state index is -4.76. The Hall–Kier alpha value is -4.55. The summed E-state index contributed by atoms with van der Waals surface area (Å²) in [4.78, 5) is 12.4. The van der Waals surface area contributed by atoms with Crippen molar-refractivity contribution in [1.29, 1.82) is 5.26 Å². The molecule has 0 saturated heterocycles. The second-order valence-corrected chi connectivity index (χ2v) is 9.11. The van der Waals surface area contributed by atoms with Crippen molar-refractivity contribution in [2.24, 2.45) is 7.05 Å². The Balaban J connectivity index is 1.80. The third-order valence-electron chi connectivity index (χ3n) is 6.62. The number of alkyl halides is 3. The molecule has 5 rings (SSSR count). The van der Waals surface area contributed by atoms with Crippen LogP contribution in [0.4, 0.5) is 13.2 Å². The molecule has 6 nitrogen and oxygen atoms in total. The normalized spacial score (nSPS) is 13.3. The third-order valence-corrected chi connectivity index (χ3v) is 6.62. The minimum absolute atomic E-state index is 0.00354. The predicted octanol–water partition coefficient (Wildman–Crippen LogP) is 5.44. The monoisotopic (exact) mass is 513 g/mol. The second kappa shape index (κ2) is 9.39. The Kier molecular flexibility index (Phi) is 6.21. The van der Waals surface area contributed by atoms with E-state index in [1.54, 1.807) is 66.6 Å². The highest BCUT2D eigenvalue weighted by Gasteiger charge is 2.39. The number of aromatic nitrogens is 4. The molecule has 190 valence electrons. The number of rotatable bonds is 5. The topological polar surface area (TPSA) is 87.6 Å². The summed E-state index contributed by atoms with van der Waals surface area (Å²) in [5, 5.41) is 22.5. The van der Waals surface area contributed by atoms with Gasteiger partial charge < -0.3 is 9.67 Å². The van der Waals surface area contributed by atoms with E-state index >= 15 is 0 Å². The molecule has 0 saturated carbocycles. The van der Waals surface area contributed by atoms with E-state index in [9.17, 15) is 23.5 Å². The molecule has 1 N–H and O–H groups in total. The van der Waals surface area contributed by atoms with Crippen molar-refractivity contribution in [3.63, 3.8) is 0 Å². The molecule has 1 unspecified atom stereocenters. The molecule has 0 aliphatic heterocycles. The van der Waals surface area contributed by atoms with Crippen LogP contribution in [0.15, 0.2) is 79.4 Å². The number of nitrogens with zero attached hydrogens (tertiary/aromatic N) is 5. The molecule has 2 aromatic carbocycles. The quantitative estimate of drug-likeness (QED) is 0.338. The van der Waals surface area contributed by atoms with E-state index < -0.39 is 17.5 Å². The molecule has 3 aromatic heterocycles. The van der Waals surface area contributed by atoms with Crippen molar-refractivity contribution >= 4 is 10.9 Å². The maximum absolute atomic E-state index is 14.1. The highest BCUT2D eigenvalue weighted by atomic mass is 19.4. The number of hydrogen-bond donors (Lipinski definition) is 1. The molecular formula is C29H22F3N5O. The van der Waals surface area contributed by atoms with Crippen LogP contribution in [0.1, 0.15) is 44.9 Å². The van der Waals surface area contributed by atoms with E-state index in [-0.39, 0.29) is 28.5 Å². The molecular weight excluding hydrogens is 491 g/mol. The number of aliphatic hydroxyl groups is 1. The summed E-state index contributed by atoms with van der Waals surface area (Å²) in [6.07, 6.45) is -0.283. The second-order valence-electron chi connectivity index (χ2n) is 9.11. The van der Waals surface area contributed by atoms with Gasteiger partial charge in [0.1, 0.15) is 11.8 Å². The first-order valence-electron chi connectivity index (χ1n) is 11.7. The van der Waals surface area contributed by atoms with Gasteiger partial charge in [-0.1, -0.05) is 42.5 Å². The standard InChI is InChI=1S/C29H22F3N5O/c1-18-8-9-21(15-35-18)28(38,26-16-34-17-37(26)2)20-10-11-25-22(13-20)24(14-33)23(27(36-25)29(30,31)32)12-19-6-4-3-5-7-19/h3-11,13,15-17,38H,12H2,1-2H3. The zero-order valence-corrected chi connectivity index (χ0v) is 20.5. The molecule has 0 aliphatic rings. The summed E-state index contributed by atoms with van der Waals surface area (Å²) in [5.41, 5.74) is -0.632. The van der Waals surface area contributed by atoms with Crippen LogP contribution in [-0.4, -0.2) is 24.6 Å². The Labute approximate surface area is 216 Å². The number of pyridine rings is 2. The number of hydrogen-bond acceptors (Lipinski definition) is 5. The van der Waals surface area contributed by atoms with Crippen molar-refractivity contribution in [2.45, 2.75) is 25.1 Å². The Bertz CT molecular complexity index is 1670. The van der Waals surface area contributed by atoms with Gasteiger partial charge in [0.2, 0.25) is 0 Å². The van der Waals surface area contributed by atoms with Crippen molar-refractivity contribution in [3.8, 4) is 6.07 Å². The van der Waals surface area contributed by atoms with Crippen LogP contribution >= 0.6 is 0 Å². The van der Waals surface area contributed by atoms with Gasteiger partial charge in [0.25, 0.3) is 0 Å². The Morgan fingerprint density at radius 2 is 1.74 bits per heavy atom. The van der Waals surface area contributed by atoms with Crippen LogP contribution < -0.4 is 0 Å². The first kappa shape index (κ1) is 25.1. The highest BCUT2D eigenvalue weighted by molar-refractivity contribution is 5.87. The van der Waals surface area contributed by atoms with Crippen LogP contribution in [-0.2, 0) is 25.2 Å². The van der Waals surface area contributed by atoms with E-state index in [4.69, 9.17) is 0 Å². The lowest BCUT2D eigenvalue weighted by Crippen LogP contribution is -2.31. The van der Waals surface area contributed by atoms with Crippen LogP contribution in [0.25, 0.3) is 10.9 Å². The average Bonchev–Trinajstić information content (AvgIpc) is 3.34. The number of halogens is 3. The summed E-state index contributed by atoms with van der Waals surface area (Å²) < 4.78 is 44.0. The number of aryl methyl sites for hydroxylation is 2. The van der Waals surface area contributed by atoms with Crippen molar-refractivity contribution in [1.82, 2.24) is 19.5 Å². The summed E-state index contributed by atoms with van der Waals surface area (Å²) in [5.74, 6) is 0. The molecule has 0 radical (unpaired) electrons. The first-order valence-corrected chi connectivity index (χ1v) is 11.7. The molecule has 3 heterocycles. The van der Waals surface area contributed by atoms with E-state index in [1.807, 2.05) is 13.0 Å². The minimum Gasteiger partial charge on any atom is -0.374 e. The van der Waals surface area contributed by atoms with Crippen LogP contribution in [0, 0.1) is 18.3 Å². The molecule has 5 aromatic rings. The van der Waals surface area contributed by atoms with Gasteiger partial charge in [-0.2, -0.15) is 18.4 Å². The van der Waals surface area contributed by atoms with E-state index in [0.717, 1.165) is 5.69 Å². The number of fused-ring (bicyclic) bond motifs is 1. The van der Waals surface area contributed by atoms with Gasteiger partial charge in [-0.15, -0.1) is 0 Å². The number of benzene rings is 2. The molecule has 0 aliphatic carbocycles. The highest BCUT2D eigenvalue weighted by Crippen LogP contribution is 2.40. The lowest BCUT2D eigenvalue weighted by atomic mass is 9.83. The van der Waals surface area contributed by atoms with E-state index in [0.29, 0.717) is 22.4 Å². The van der Waals surface area contributed by atoms with Gasteiger partial charge in [-0.3, -0.25) is 4.98 Å². The van der Waals surface area contributed by atoms with Gasteiger partial charge >= 0.3 is 6.18 Å². The van der Waals surface area contributed by atoms with Gasteiger partial charge in [-0.25, -0.2) is 9.97 Å². The van der Waals surface area contributed by atoms with E-state index in [1.165, 1.54) is 24.4 Å². The Morgan fingerprint density at radius 1 is 1.00 bits per heavy atom. The van der Waals surface area contributed by atoms with Crippen molar-refractivity contribution in [3.05, 3.63) is 124 Å². The maximum Gasteiger partial charge on any atom is 0.433 e. The molecule has 0 fully saturated rings. The number of imidazole rings is 1. The fourth-order valence-corrected chi connectivity index (χ4v) is 4.71. The zero-order valence-electron chi connectivity index (χ0n) is 20.5. The summed E-state index contributed by atoms with van der Waals surface area (Å²) >= 11 is 0. The van der Waals surface area contributed by atoms with Crippen molar-refractivity contribution < 1.29 is 18.3 Å². The molecule has 1 atom stereocenters.